The Labute approximate surface area is 124 Å². The molecule has 0 aliphatic heterocycles. The Bertz CT molecular complexity index is 695. The van der Waals surface area contributed by atoms with Gasteiger partial charge in [0.2, 0.25) is 4.77 Å². The molecule has 0 amide bonds. The van der Waals surface area contributed by atoms with Crippen LogP contribution in [0.25, 0.3) is 0 Å². The Morgan fingerprint density at radius 1 is 1.29 bits per heavy atom. The lowest BCUT2D eigenvalue weighted by atomic mass is 10.0. The fraction of sp³-hybridized carbons (Fsp3) is 0.308. The van der Waals surface area contributed by atoms with E-state index in [-0.39, 0.29) is 4.77 Å². The Morgan fingerprint density at radius 2 is 1.90 bits per heavy atom. The number of rotatable bonds is 3. The van der Waals surface area contributed by atoms with Crippen LogP contribution < -0.4 is 0 Å². The summed E-state index contributed by atoms with van der Waals surface area (Å²) in [6.45, 7) is 4.12. The van der Waals surface area contributed by atoms with Gasteiger partial charge < -0.3 is 0 Å². The number of nitrogens with zero attached hydrogens (tertiary/aromatic N) is 3. The number of nitrogens with one attached hydrogen (secondary N) is 1. The smallest absolute Gasteiger partial charge is 0.250 e. The topological polar surface area (TPSA) is 46.0 Å². The van der Waals surface area contributed by atoms with Crippen LogP contribution in [0, 0.1) is 4.77 Å². The Hall–Kier alpha value is -1.96. The van der Waals surface area contributed by atoms with Crippen LogP contribution in [-0.2, 0) is 6.18 Å². The highest BCUT2D eigenvalue weighted by molar-refractivity contribution is 7.71. The van der Waals surface area contributed by atoms with Gasteiger partial charge in [0.05, 0.1) is 6.21 Å². The van der Waals surface area contributed by atoms with Gasteiger partial charge in [0.15, 0.2) is 0 Å². The van der Waals surface area contributed by atoms with Gasteiger partial charge in [-0.1, -0.05) is 38.1 Å². The van der Waals surface area contributed by atoms with E-state index < -0.39 is 12.0 Å². The maximum absolute atomic E-state index is 12.7. The number of aromatic nitrogens is 3. The van der Waals surface area contributed by atoms with Gasteiger partial charge in [-0.25, -0.2) is 5.10 Å². The Balaban J connectivity index is 2.30. The molecule has 2 rings (SSSR count). The van der Waals surface area contributed by atoms with E-state index in [4.69, 9.17) is 12.2 Å². The van der Waals surface area contributed by atoms with Crippen molar-refractivity contribution >= 4 is 18.4 Å². The first kappa shape index (κ1) is 15.4. The number of hydrogen-bond donors (Lipinski definition) is 1. The summed E-state index contributed by atoms with van der Waals surface area (Å²) in [6.07, 6.45) is -3.31. The first-order valence-corrected chi connectivity index (χ1v) is 6.59. The lowest BCUT2D eigenvalue weighted by Crippen LogP contribution is -2.12. The van der Waals surface area contributed by atoms with Crippen molar-refractivity contribution < 1.29 is 13.2 Å². The number of H-pyrrole nitrogens is 1. The minimum Gasteiger partial charge on any atom is -0.250 e. The van der Waals surface area contributed by atoms with Gasteiger partial charge in [0.1, 0.15) is 0 Å². The van der Waals surface area contributed by atoms with Gasteiger partial charge in [-0.15, -0.1) is 5.10 Å². The fourth-order valence-electron chi connectivity index (χ4n) is 1.67. The predicted molar refractivity (Wildman–Crippen MR) is 75.9 cm³/mol. The van der Waals surface area contributed by atoms with Crippen LogP contribution in [0.2, 0.25) is 0 Å². The molecule has 112 valence electrons. The van der Waals surface area contributed by atoms with Gasteiger partial charge >= 0.3 is 6.18 Å². The van der Waals surface area contributed by atoms with Crippen molar-refractivity contribution in [3.05, 3.63) is 46.0 Å². The maximum atomic E-state index is 12.7. The number of aromatic amines is 1. The second-order valence-electron chi connectivity index (χ2n) is 4.73. The van der Waals surface area contributed by atoms with Crippen molar-refractivity contribution in [1.29, 1.82) is 0 Å². The van der Waals surface area contributed by atoms with Crippen LogP contribution >= 0.6 is 12.2 Å². The fourth-order valence-corrected chi connectivity index (χ4v) is 1.85. The molecule has 1 N–H and O–H groups in total. The summed E-state index contributed by atoms with van der Waals surface area (Å²) >= 11 is 4.74. The van der Waals surface area contributed by atoms with E-state index in [0.717, 1.165) is 5.56 Å². The van der Waals surface area contributed by atoms with Crippen LogP contribution in [0.4, 0.5) is 13.2 Å². The molecule has 1 heterocycles. The second kappa shape index (κ2) is 5.80. The highest BCUT2D eigenvalue weighted by atomic mass is 32.1. The molecule has 0 atom stereocenters. The van der Waals surface area contributed by atoms with Gasteiger partial charge in [-0.05, 0) is 29.3 Å². The summed E-state index contributed by atoms with van der Waals surface area (Å²) < 4.78 is 38.5. The molecular weight excluding hydrogens is 301 g/mol. The lowest BCUT2D eigenvalue weighted by Gasteiger charge is -2.05. The zero-order chi connectivity index (χ0) is 15.6. The van der Waals surface area contributed by atoms with Gasteiger partial charge in [-0.3, -0.25) is 0 Å². The minimum absolute atomic E-state index is 0.211. The summed E-state index contributed by atoms with van der Waals surface area (Å²) in [7, 11) is 0. The monoisotopic (exact) mass is 314 g/mol. The molecule has 0 saturated heterocycles. The summed E-state index contributed by atoms with van der Waals surface area (Å²) in [4.78, 5) is 0. The number of halogens is 3. The van der Waals surface area contributed by atoms with Crippen molar-refractivity contribution in [2.75, 3.05) is 0 Å². The molecule has 0 bridgehead atoms. The summed E-state index contributed by atoms with van der Waals surface area (Å²) in [5.74, 6) is -0.794. The first-order chi connectivity index (χ1) is 9.79. The molecule has 0 aliphatic rings. The normalized spacial score (nSPS) is 12.5. The zero-order valence-corrected chi connectivity index (χ0v) is 12.2. The van der Waals surface area contributed by atoms with Gasteiger partial charge in [-0.2, -0.15) is 22.9 Å². The predicted octanol–water partition coefficient (Wildman–Crippen LogP) is 3.97. The van der Waals surface area contributed by atoms with E-state index in [0.29, 0.717) is 16.2 Å². The average molecular weight is 314 g/mol. The van der Waals surface area contributed by atoms with E-state index in [1.54, 1.807) is 12.1 Å². The molecule has 0 spiro atoms. The first-order valence-electron chi connectivity index (χ1n) is 6.18. The van der Waals surface area contributed by atoms with Crippen molar-refractivity contribution in [3.8, 4) is 0 Å². The number of benzene rings is 1. The Kier molecular flexibility index (Phi) is 4.26. The third-order valence-electron chi connectivity index (χ3n) is 2.83. The largest absolute Gasteiger partial charge is 0.453 e. The second-order valence-corrected chi connectivity index (χ2v) is 5.11. The third-order valence-corrected chi connectivity index (χ3v) is 3.09. The van der Waals surface area contributed by atoms with E-state index in [1.165, 1.54) is 6.21 Å². The molecule has 0 aliphatic carbocycles. The molecule has 2 aromatic rings. The zero-order valence-electron chi connectivity index (χ0n) is 11.3. The molecule has 8 heteroatoms. The molecule has 0 unspecified atom stereocenters. The molecule has 0 fully saturated rings. The molecule has 21 heavy (non-hydrogen) atoms. The lowest BCUT2D eigenvalue weighted by molar-refractivity contribution is -0.147. The van der Waals surface area contributed by atoms with Crippen molar-refractivity contribution in [1.82, 2.24) is 14.9 Å². The van der Waals surface area contributed by atoms with E-state index in [9.17, 15) is 13.2 Å². The molecule has 1 aromatic heterocycles. The van der Waals surface area contributed by atoms with E-state index in [1.807, 2.05) is 12.1 Å². The highest BCUT2D eigenvalue weighted by Crippen LogP contribution is 2.27. The van der Waals surface area contributed by atoms with Crippen molar-refractivity contribution in [2.45, 2.75) is 25.9 Å². The number of alkyl halides is 3. The van der Waals surface area contributed by atoms with Crippen LogP contribution in [0.3, 0.4) is 0 Å². The van der Waals surface area contributed by atoms with Crippen LogP contribution in [0.15, 0.2) is 29.4 Å². The Morgan fingerprint density at radius 3 is 2.43 bits per heavy atom. The van der Waals surface area contributed by atoms with Crippen molar-refractivity contribution in [2.24, 2.45) is 5.10 Å². The van der Waals surface area contributed by atoms with E-state index in [2.05, 4.69) is 29.1 Å². The molecule has 4 nitrogen and oxygen atoms in total. The molecule has 1 aromatic carbocycles. The standard InChI is InChI=1S/C13H13F3N4S/c1-8(2)10-5-3-9(4-6-10)7-17-20-11(13(14,15)16)18-19-12(20)21/h3-8H,1-2H3,(H,19,21). The number of hydrogen-bond acceptors (Lipinski definition) is 3. The molecule has 0 radical (unpaired) electrons. The van der Waals surface area contributed by atoms with Crippen LogP contribution in [-0.4, -0.2) is 21.1 Å². The van der Waals surface area contributed by atoms with E-state index >= 15 is 0 Å². The van der Waals surface area contributed by atoms with Crippen molar-refractivity contribution in [3.63, 3.8) is 0 Å². The van der Waals surface area contributed by atoms with Gasteiger partial charge in [0.25, 0.3) is 5.82 Å². The van der Waals surface area contributed by atoms with Crippen LogP contribution in [0.5, 0.6) is 0 Å². The summed E-state index contributed by atoms with van der Waals surface area (Å²) in [5, 5.41) is 8.98. The molecule has 0 saturated carbocycles. The SMILES string of the molecule is CC(C)c1ccc(C=Nn2c(C(F)(F)F)n[nH]c2=S)cc1. The third kappa shape index (κ3) is 3.57. The molecular formula is C13H13F3N4S. The van der Waals surface area contributed by atoms with Gasteiger partial charge in [0, 0.05) is 0 Å². The summed E-state index contributed by atoms with van der Waals surface area (Å²) in [6, 6.07) is 7.39. The highest BCUT2D eigenvalue weighted by Gasteiger charge is 2.37. The maximum Gasteiger partial charge on any atom is 0.453 e. The quantitative estimate of drug-likeness (QED) is 0.688. The summed E-state index contributed by atoms with van der Waals surface area (Å²) in [5.41, 5.74) is 1.82. The minimum atomic E-state index is -4.62. The van der Waals surface area contributed by atoms with Crippen LogP contribution in [0.1, 0.15) is 36.7 Å². The average Bonchev–Trinajstić information content (AvgIpc) is 2.78.